The third-order valence-electron chi connectivity index (χ3n) is 4.98. The maximum Gasteiger partial charge on any atom is 0.227 e. The minimum atomic E-state index is 0.427. The zero-order chi connectivity index (χ0) is 18.0. The number of aryl methyl sites for hydroxylation is 2. The molecule has 0 aliphatic carbocycles. The lowest BCUT2D eigenvalue weighted by Crippen LogP contribution is -2.46. The van der Waals surface area contributed by atoms with Gasteiger partial charge in [-0.3, -0.25) is 9.58 Å². The van der Waals surface area contributed by atoms with Crippen LogP contribution in [0.5, 0.6) is 0 Å². The molecule has 0 bridgehead atoms. The zero-order valence-corrected chi connectivity index (χ0v) is 16.0. The Bertz CT molecular complexity index is 690. The lowest BCUT2D eigenvalue weighted by molar-refractivity contribution is 0.195. The second-order valence-electron chi connectivity index (χ2n) is 7.15. The molecule has 1 aliphatic rings. The molecule has 1 atom stereocenters. The van der Waals surface area contributed by atoms with E-state index in [9.17, 15) is 0 Å². The van der Waals surface area contributed by atoms with Crippen LogP contribution in [0.4, 0.5) is 11.8 Å². The molecule has 25 heavy (non-hydrogen) atoms. The summed E-state index contributed by atoms with van der Waals surface area (Å²) in [5.74, 6) is 1.74. The van der Waals surface area contributed by atoms with Gasteiger partial charge in [0.25, 0.3) is 0 Å². The fourth-order valence-corrected chi connectivity index (χ4v) is 3.35. The van der Waals surface area contributed by atoms with Gasteiger partial charge in [0.15, 0.2) is 0 Å². The van der Waals surface area contributed by atoms with Crippen molar-refractivity contribution in [2.45, 2.75) is 32.4 Å². The predicted octanol–water partition coefficient (Wildman–Crippen LogP) is 1.69. The van der Waals surface area contributed by atoms with Crippen LogP contribution in [0.1, 0.15) is 24.2 Å². The molecule has 1 fully saturated rings. The van der Waals surface area contributed by atoms with Gasteiger partial charge in [-0.25, -0.2) is 4.98 Å². The van der Waals surface area contributed by atoms with E-state index in [2.05, 4.69) is 44.9 Å². The van der Waals surface area contributed by atoms with Crippen molar-refractivity contribution in [3.63, 3.8) is 0 Å². The molecule has 3 rings (SSSR count). The van der Waals surface area contributed by atoms with Crippen LogP contribution in [0.3, 0.4) is 0 Å². The molecule has 7 heteroatoms. The molecular formula is C18H29N7. The maximum atomic E-state index is 4.68. The number of anilines is 2. The van der Waals surface area contributed by atoms with Crippen LogP contribution in [-0.4, -0.2) is 64.9 Å². The SMILES string of the molecule is Cc1cc(CN2CCCC(N(C)c3nccc(N(C)C)n3)C2)nn1C. The van der Waals surface area contributed by atoms with E-state index in [1.54, 1.807) is 0 Å². The molecule has 136 valence electrons. The fourth-order valence-electron chi connectivity index (χ4n) is 3.35. The molecule has 7 nitrogen and oxygen atoms in total. The van der Waals surface area contributed by atoms with Crippen LogP contribution < -0.4 is 9.80 Å². The lowest BCUT2D eigenvalue weighted by atomic mass is 10.0. The van der Waals surface area contributed by atoms with Gasteiger partial charge in [-0.2, -0.15) is 10.1 Å². The molecule has 2 aromatic rings. The summed E-state index contributed by atoms with van der Waals surface area (Å²) in [6.45, 7) is 5.14. The Morgan fingerprint density at radius 2 is 2.08 bits per heavy atom. The molecule has 0 amide bonds. The maximum absolute atomic E-state index is 4.68. The number of rotatable bonds is 5. The van der Waals surface area contributed by atoms with Gasteiger partial charge in [0.1, 0.15) is 5.82 Å². The van der Waals surface area contributed by atoms with Crippen molar-refractivity contribution >= 4 is 11.8 Å². The first kappa shape index (κ1) is 17.7. The summed E-state index contributed by atoms with van der Waals surface area (Å²) in [4.78, 5) is 15.9. The van der Waals surface area contributed by atoms with Gasteiger partial charge >= 0.3 is 0 Å². The summed E-state index contributed by atoms with van der Waals surface area (Å²) in [6, 6.07) is 4.54. The van der Waals surface area contributed by atoms with E-state index in [0.717, 1.165) is 37.1 Å². The number of aromatic nitrogens is 4. The second-order valence-corrected chi connectivity index (χ2v) is 7.15. The standard InChI is InChI=1S/C18H29N7/c1-14-11-15(21-24(14)5)12-25-10-6-7-16(13-25)23(4)18-19-9-8-17(20-18)22(2)3/h8-9,11,16H,6-7,10,12-13H2,1-5H3. The highest BCUT2D eigenvalue weighted by atomic mass is 15.3. The summed E-state index contributed by atoms with van der Waals surface area (Å²) in [6.07, 6.45) is 4.20. The van der Waals surface area contributed by atoms with Crippen molar-refractivity contribution in [1.29, 1.82) is 0 Å². The second kappa shape index (κ2) is 7.39. The largest absolute Gasteiger partial charge is 0.363 e. The van der Waals surface area contributed by atoms with Crippen LogP contribution in [-0.2, 0) is 13.6 Å². The van der Waals surface area contributed by atoms with Gasteiger partial charge in [0.2, 0.25) is 5.95 Å². The van der Waals surface area contributed by atoms with Gasteiger partial charge < -0.3 is 9.80 Å². The number of hydrogen-bond acceptors (Lipinski definition) is 6. The van der Waals surface area contributed by atoms with Crippen LogP contribution in [0.2, 0.25) is 0 Å². The fraction of sp³-hybridized carbons (Fsp3) is 0.611. The zero-order valence-electron chi connectivity index (χ0n) is 16.0. The van der Waals surface area contributed by atoms with Gasteiger partial charge in [-0.15, -0.1) is 0 Å². The summed E-state index contributed by atoms with van der Waals surface area (Å²) in [7, 11) is 8.11. The number of piperidine rings is 1. The average molecular weight is 343 g/mol. The summed E-state index contributed by atoms with van der Waals surface area (Å²) in [5.41, 5.74) is 2.35. The van der Waals surface area contributed by atoms with Gasteiger partial charge in [0.05, 0.1) is 5.69 Å². The molecule has 1 unspecified atom stereocenters. The minimum Gasteiger partial charge on any atom is -0.363 e. The Hall–Kier alpha value is -2.15. The lowest BCUT2D eigenvalue weighted by Gasteiger charge is -2.37. The highest BCUT2D eigenvalue weighted by Crippen LogP contribution is 2.21. The van der Waals surface area contributed by atoms with Crippen LogP contribution in [0.15, 0.2) is 18.3 Å². The van der Waals surface area contributed by atoms with Crippen molar-refractivity contribution in [3.05, 3.63) is 29.7 Å². The Labute approximate surface area is 150 Å². The van der Waals surface area contributed by atoms with Crippen molar-refractivity contribution in [2.75, 3.05) is 44.0 Å². The summed E-state index contributed by atoms with van der Waals surface area (Å²) < 4.78 is 1.95. The smallest absolute Gasteiger partial charge is 0.227 e. The van der Waals surface area contributed by atoms with E-state index in [1.807, 2.05) is 43.0 Å². The molecule has 1 saturated heterocycles. The normalized spacial score (nSPS) is 18.4. The van der Waals surface area contributed by atoms with Crippen LogP contribution >= 0.6 is 0 Å². The third kappa shape index (κ3) is 4.10. The van der Waals surface area contributed by atoms with Gasteiger partial charge in [-0.1, -0.05) is 0 Å². The van der Waals surface area contributed by atoms with Gasteiger partial charge in [-0.05, 0) is 38.4 Å². The summed E-state index contributed by atoms with van der Waals surface area (Å²) in [5, 5.41) is 4.59. The number of hydrogen-bond donors (Lipinski definition) is 0. The monoisotopic (exact) mass is 343 g/mol. The van der Waals surface area contributed by atoms with E-state index in [0.29, 0.717) is 6.04 Å². The molecule has 0 N–H and O–H groups in total. The number of likely N-dealkylation sites (N-methyl/N-ethyl adjacent to an activating group) is 1. The first-order valence-corrected chi connectivity index (χ1v) is 8.89. The number of likely N-dealkylation sites (tertiary alicyclic amines) is 1. The molecule has 0 radical (unpaired) electrons. The third-order valence-corrected chi connectivity index (χ3v) is 4.98. The van der Waals surface area contributed by atoms with E-state index >= 15 is 0 Å². The molecule has 0 aromatic carbocycles. The van der Waals surface area contributed by atoms with Gasteiger partial charge in [0, 0.05) is 59.2 Å². The molecule has 0 saturated carbocycles. The van der Waals surface area contributed by atoms with E-state index in [4.69, 9.17) is 0 Å². The molecule has 0 spiro atoms. The van der Waals surface area contributed by atoms with Crippen molar-refractivity contribution in [2.24, 2.45) is 7.05 Å². The minimum absolute atomic E-state index is 0.427. The van der Waals surface area contributed by atoms with Crippen LogP contribution in [0.25, 0.3) is 0 Å². The molecule has 2 aromatic heterocycles. The highest BCUT2D eigenvalue weighted by Gasteiger charge is 2.25. The van der Waals surface area contributed by atoms with E-state index in [1.165, 1.54) is 18.5 Å². The van der Waals surface area contributed by atoms with Crippen molar-refractivity contribution in [3.8, 4) is 0 Å². The average Bonchev–Trinajstić information content (AvgIpc) is 2.92. The molecule has 3 heterocycles. The topological polar surface area (TPSA) is 53.3 Å². The van der Waals surface area contributed by atoms with Crippen molar-refractivity contribution in [1.82, 2.24) is 24.6 Å². The Kier molecular flexibility index (Phi) is 5.22. The Balaban J connectivity index is 1.67. The Morgan fingerprint density at radius 3 is 2.76 bits per heavy atom. The summed E-state index contributed by atoms with van der Waals surface area (Å²) >= 11 is 0. The van der Waals surface area contributed by atoms with E-state index in [-0.39, 0.29) is 0 Å². The number of nitrogens with zero attached hydrogens (tertiary/aromatic N) is 7. The van der Waals surface area contributed by atoms with Crippen LogP contribution in [0, 0.1) is 6.92 Å². The van der Waals surface area contributed by atoms with Crippen molar-refractivity contribution < 1.29 is 0 Å². The first-order valence-electron chi connectivity index (χ1n) is 8.89. The first-order chi connectivity index (χ1) is 11.9. The Morgan fingerprint density at radius 1 is 1.28 bits per heavy atom. The predicted molar refractivity (Wildman–Crippen MR) is 101 cm³/mol. The highest BCUT2D eigenvalue weighted by molar-refractivity contribution is 5.42. The molecular weight excluding hydrogens is 314 g/mol. The quantitative estimate of drug-likeness (QED) is 0.823. The molecule has 1 aliphatic heterocycles. The van der Waals surface area contributed by atoms with E-state index < -0.39 is 0 Å².